The van der Waals surface area contributed by atoms with Crippen LogP contribution in [0.15, 0.2) is 0 Å². The van der Waals surface area contributed by atoms with Crippen LogP contribution in [-0.4, -0.2) is 24.6 Å². The number of carbonyl (C=O) groups excluding carboxylic acids is 2. The molecule has 0 aromatic carbocycles. The van der Waals surface area contributed by atoms with E-state index in [9.17, 15) is 22.8 Å². The van der Waals surface area contributed by atoms with Crippen molar-refractivity contribution < 1.29 is 27.6 Å². The van der Waals surface area contributed by atoms with Crippen molar-refractivity contribution in [3.05, 3.63) is 0 Å². The second-order valence-corrected chi connectivity index (χ2v) is 2.40. The van der Waals surface area contributed by atoms with E-state index in [1.54, 1.807) is 5.48 Å². The average Bonchev–Trinajstić information content (AvgIpc) is 1.99. The number of nitrogens with one attached hydrogen (secondary N) is 1. The third-order valence-electron chi connectivity index (χ3n) is 1.04. The van der Waals surface area contributed by atoms with Gasteiger partial charge in [-0.1, -0.05) is 0 Å². The minimum absolute atomic E-state index is 0.572. The van der Waals surface area contributed by atoms with Gasteiger partial charge in [0.15, 0.2) is 6.61 Å². The van der Waals surface area contributed by atoms with Crippen molar-refractivity contribution >= 4 is 11.8 Å². The molecule has 0 aliphatic carbocycles. The molecule has 0 unspecified atom stereocenters. The Balaban J connectivity index is 3.52. The Morgan fingerprint density at radius 3 is 2.36 bits per heavy atom. The van der Waals surface area contributed by atoms with E-state index in [0.717, 1.165) is 0 Å². The molecule has 0 radical (unpaired) electrons. The lowest BCUT2D eigenvalue weighted by atomic mass is 10.3. The molecule has 0 bridgehead atoms. The molecule has 2 amide bonds. The maximum Gasteiger partial charge on any atom is 0.389 e. The van der Waals surface area contributed by atoms with Gasteiger partial charge in [-0.05, 0) is 0 Å². The summed E-state index contributed by atoms with van der Waals surface area (Å²) >= 11 is 0. The first-order valence-electron chi connectivity index (χ1n) is 3.57. The Morgan fingerprint density at radius 1 is 1.36 bits per heavy atom. The zero-order valence-electron chi connectivity index (χ0n) is 7.06. The second kappa shape index (κ2) is 5.43. The maximum absolute atomic E-state index is 11.6. The van der Waals surface area contributed by atoms with Gasteiger partial charge in [-0.25, -0.2) is 5.48 Å². The lowest BCUT2D eigenvalue weighted by Crippen LogP contribution is -2.30. The van der Waals surface area contributed by atoms with Gasteiger partial charge in [-0.15, -0.1) is 0 Å². The van der Waals surface area contributed by atoms with Gasteiger partial charge in [-0.3, -0.25) is 14.4 Å². The van der Waals surface area contributed by atoms with Crippen LogP contribution in [-0.2, 0) is 14.4 Å². The molecule has 0 rings (SSSR count). The minimum atomic E-state index is -4.39. The van der Waals surface area contributed by atoms with E-state index in [-0.39, 0.29) is 0 Å². The number of halogens is 3. The smallest absolute Gasteiger partial charge is 0.368 e. The van der Waals surface area contributed by atoms with E-state index in [1.165, 1.54) is 0 Å². The van der Waals surface area contributed by atoms with Gasteiger partial charge in [0, 0.05) is 6.42 Å². The van der Waals surface area contributed by atoms with Gasteiger partial charge < -0.3 is 5.73 Å². The van der Waals surface area contributed by atoms with E-state index in [2.05, 4.69) is 10.6 Å². The summed E-state index contributed by atoms with van der Waals surface area (Å²) in [7, 11) is 0. The van der Waals surface area contributed by atoms with Crippen LogP contribution in [0.4, 0.5) is 13.2 Å². The van der Waals surface area contributed by atoms with Crippen molar-refractivity contribution in [3.8, 4) is 0 Å². The Kier molecular flexibility index (Phi) is 4.92. The van der Waals surface area contributed by atoms with Gasteiger partial charge in [0.05, 0.1) is 6.42 Å². The monoisotopic (exact) mass is 214 g/mol. The van der Waals surface area contributed by atoms with Crippen LogP contribution in [0.3, 0.4) is 0 Å². The molecule has 0 aromatic rings. The second-order valence-electron chi connectivity index (χ2n) is 2.40. The topological polar surface area (TPSA) is 81.4 Å². The van der Waals surface area contributed by atoms with Crippen LogP contribution in [0.2, 0.25) is 0 Å². The molecule has 14 heavy (non-hydrogen) atoms. The molecule has 5 nitrogen and oxygen atoms in total. The molecular weight excluding hydrogens is 205 g/mol. The summed E-state index contributed by atoms with van der Waals surface area (Å²) in [6, 6.07) is 0. The first-order valence-corrected chi connectivity index (χ1v) is 3.57. The van der Waals surface area contributed by atoms with Gasteiger partial charge in [-0.2, -0.15) is 13.2 Å². The van der Waals surface area contributed by atoms with Crippen molar-refractivity contribution in [2.45, 2.75) is 19.0 Å². The summed E-state index contributed by atoms with van der Waals surface area (Å²) < 4.78 is 34.7. The van der Waals surface area contributed by atoms with Crippen LogP contribution in [0.1, 0.15) is 12.8 Å². The van der Waals surface area contributed by atoms with Crippen molar-refractivity contribution in [2.75, 3.05) is 6.61 Å². The summed E-state index contributed by atoms with van der Waals surface area (Å²) in [6.07, 6.45) is -6.37. The molecule has 0 aliphatic heterocycles. The molecular formula is C6H9F3N2O3. The molecule has 0 saturated heterocycles. The van der Waals surface area contributed by atoms with Crippen LogP contribution < -0.4 is 11.2 Å². The highest BCUT2D eigenvalue weighted by atomic mass is 19.4. The molecule has 0 spiro atoms. The predicted octanol–water partition coefficient (Wildman–Crippen LogP) is -0.138. The quantitative estimate of drug-likeness (QED) is 0.625. The first-order chi connectivity index (χ1) is 6.31. The normalized spacial score (nSPS) is 11.1. The summed E-state index contributed by atoms with van der Waals surface area (Å²) in [6.45, 7) is -0.572. The highest BCUT2D eigenvalue weighted by molar-refractivity contribution is 5.76. The number of nitrogens with two attached hydrogens (primary N) is 1. The minimum Gasteiger partial charge on any atom is -0.368 e. The van der Waals surface area contributed by atoms with Crippen LogP contribution in [0.25, 0.3) is 0 Å². The molecule has 0 heterocycles. The van der Waals surface area contributed by atoms with Gasteiger partial charge >= 0.3 is 6.18 Å². The Labute approximate surface area is 77.3 Å². The summed E-state index contributed by atoms with van der Waals surface area (Å²) in [5.41, 5.74) is 6.27. The molecule has 0 saturated carbocycles. The number of hydroxylamine groups is 1. The van der Waals surface area contributed by atoms with Crippen LogP contribution in [0.5, 0.6) is 0 Å². The van der Waals surface area contributed by atoms with E-state index >= 15 is 0 Å². The number of primary amides is 1. The van der Waals surface area contributed by atoms with Crippen molar-refractivity contribution in [3.63, 3.8) is 0 Å². The van der Waals surface area contributed by atoms with E-state index in [1.807, 2.05) is 0 Å². The molecule has 0 fully saturated rings. The van der Waals surface area contributed by atoms with E-state index in [0.29, 0.717) is 0 Å². The van der Waals surface area contributed by atoms with E-state index in [4.69, 9.17) is 0 Å². The van der Waals surface area contributed by atoms with Gasteiger partial charge in [0.1, 0.15) is 0 Å². The number of hydrogen-bond acceptors (Lipinski definition) is 3. The molecule has 0 aliphatic rings. The summed E-state index contributed by atoms with van der Waals surface area (Å²) in [5.74, 6) is -1.79. The summed E-state index contributed by atoms with van der Waals surface area (Å²) in [4.78, 5) is 24.8. The average molecular weight is 214 g/mol. The predicted molar refractivity (Wildman–Crippen MR) is 38.6 cm³/mol. The third kappa shape index (κ3) is 8.78. The van der Waals surface area contributed by atoms with Crippen LogP contribution in [0, 0.1) is 0 Å². The highest BCUT2D eigenvalue weighted by Gasteiger charge is 2.27. The Morgan fingerprint density at radius 2 is 1.93 bits per heavy atom. The molecule has 3 N–H and O–H groups in total. The SMILES string of the molecule is NC(=O)CONC(=O)CCC(F)(F)F. The van der Waals surface area contributed by atoms with Crippen molar-refractivity contribution in [1.82, 2.24) is 5.48 Å². The molecule has 82 valence electrons. The highest BCUT2D eigenvalue weighted by Crippen LogP contribution is 2.20. The van der Waals surface area contributed by atoms with Gasteiger partial charge in [0.2, 0.25) is 11.8 Å². The first kappa shape index (κ1) is 12.7. The zero-order chi connectivity index (χ0) is 11.2. The van der Waals surface area contributed by atoms with E-state index < -0.39 is 37.4 Å². The number of rotatable bonds is 5. The number of carbonyl (C=O) groups is 2. The molecule has 0 atom stereocenters. The van der Waals surface area contributed by atoms with Crippen molar-refractivity contribution in [1.29, 1.82) is 0 Å². The Hall–Kier alpha value is -1.31. The van der Waals surface area contributed by atoms with Crippen molar-refractivity contribution in [2.24, 2.45) is 5.73 Å². The maximum atomic E-state index is 11.6. The number of hydrogen-bond donors (Lipinski definition) is 2. The Bertz CT molecular complexity index is 217. The zero-order valence-corrected chi connectivity index (χ0v) is 7.06. The standard InChI is InChI=1S/C6H9F3N2O3/c7-6(8,9)2-1-5(13)11-14-3-4(10)12/h1-3H2,(H2,10,12)(H,11,13). The fourth-order valence-electron chi connectivity index (χ4n) is 0.494. The number of amides is 2. The fraction of sp³-hybridized carbons (Fsp3) is 0.667. The fourth-order valence-corrected chi connectivity index (χ4v) is 0.494. The van der Waals surface area contributed by atoms with Gasteiger partial charge in [0.25, 0.3) is 0 Å². The van der Waals surface area contributed by atoms with Crippen LogP contribution >= 0.6 is 0 Å². The molecule has 8 heteroatoms. The lowest BCUT2D eigenvalue weighted by molar-refractivity contribution is -0.151. The lowest BCUT2D eigenvalue weighted by Gasteiger charge is -2.06. The summed E-state index contributed by atoms with van der Waals surface area (Å²) in [5, 5.41) is 0. The number of alkyl halides is 3. The largest absolute Gasteiger partial charge is 0.389 e. The molecule has 0 aromatic heterocycles. The third-order valence-corrected chi connectivity index (χ3v) is 1.04.